The van der Waals surface area contributed by atoms with Crippen molar-refractivity contribution in [3.8, 4) is 0 Å². The first-order valence-corrected chi connectivity index (χ1v) is 4.95. The van der Waals surface area contributed by atoms with Gasteiger partial charge in [-0.05, 0) is 31.3 Å². The standard InChI is InChI=1S/C10H22N2/c1-10(2,3)5-7-12-6-4-9(11)8-12/h9H,4-8,11H2,1-3H3. The second-order valence-corrected chi connectivity index (χ2v) is 5.16. The highest BCUT2D eigenvalue weighted by Crippen LogP contribution is 2.20. The Morgan fingerprint density at radius 1 is 1.42 bits per heavy atom. The van der Waals surface area contributed by atoms with E-state index in [4.69, 9.17) is 5.73 Å². The predicted octanol–water partition coefficient (Wildman–Crippen LogP) is 1.46. The smallest absolute Gasteiger partial charge is 0.0180 e. The van der Waals surface area contributed by atoms with Crippen LogP contribution < -0.4 is 5.73 Å². The molecule has 0 aromatic heterocycles. The fourth-order valence-electron chi connectivity index (χ4n) is 1.56. The van der Waals surface area contributed by atoms with Gasteiger partial charge in [0.1, 0.15) is 0 Å². The summed E-state index contributed by atoms with van der Waals surface area (Å²) in [5.74, 6) is 0. The highest BCUT2D eigenvalue weighted by molar-refractivity contribution is 4.78. The minimum absolute atomic E-state index is 0.435. The average Bonchev–Trinajstić information content (AvgIpc) is 2.30. The maximum Gasteiger partial charge on any atom is 0.0180 e. The zero-order valence-corrected chi connectivity index (χ0v) is 8.64. The Kier molecular flexibility index (Phi) is 3.13. The Morgan fingerprint density at radius 2 is 2.08 bits per heavy atom. The van der Waals surface area contributed by atoms with E-state index in [2.05, 4.69) is 25.7 Å². The molecule has 1 rings (SSSR count). The minimum Gasteiger partial charge on any atom is -0.326 e. The van der Waals surface area contributed by atoms with Gasteiger partial charge in [-0.15, -0.1) is 0 Å². The van der Waals surface area contributed by atoms with Crippen molar-refractivity contribution in [2.75, 3.05) is 19.6 Å². The van der Waals surface area contributed by atoms with Crippen LogP contribution in [0, 0.1) is 5.41 Å². The number of rotatable bonds is 2. The first-order chi connectivity index (χ1) is 5.47. The number of nitrogens with zero attached hydrogens (tertiary/aromatic N) is 1. The van der Waals surface area contributed by atoms with Crippen LogP contribution in [0.15, 0.2) is 0 Å². The van der Waals surface area contributed by atoms with Gasteiger partial charge in [0, 0.05) is 12.6 Å². The molecule has 12 heavy (non-hydrogen) atoms. The van der Waals surface area contributed by atoms with Gasteiger partial charge in [0.15, 0.2) is 0 Å². The third-order valence-corrected chi connectivity index (χ3v) is 2.49. The molecular formula is C10H22N2. The average molecular weight is 170 g/mol. The van der Waals surface area contributed by atoms with Crippen molar-refractivity contribution in [2.45, 2.75) is 39.7 Å². The molecule has 2 heteroatoms. The summed E-state index contributed by atoms with van der Waals surface area (Å²) in [7, 11) is 0. The molecule has 0 amide bonds. The highest BCUT2D eigenvalue weighted by atomic mass is 15.2. The van der Waals surface area contributed by atoms with Crippen LogP contribution >= 0.6 is 0 Å². The van der Waals surface area contributed by atoms with E-state index in [0.29, 0.717) is 11.5 Å². The lowest BCUT2D eigenvalue weighted by Crippen LogP contribution is -2.29. The van der Waals surface area contributed by atoms with E-state index in [1.54, 1.807) is 0 Å². The van der Waals surface area contributed by atoms with Gasteiger partial charge < -0.3 is 10.6 Å². The number of nitrogens with two attached hydrogens (primary N) is 1. The van der Waals surface area contributed by atoms with Crippen molar-refractivity contribution < 1.29 is 0 Å². The molecular weight excluding hydrogens is 148 g/mol. The van der Waals surface area contributed by atoms with Gasteiger partial charge in [0.05, 0.1) is 0 Å². The molecule has 1 atom stereocenters. The van der Waals surface area contributed by atoms with E-state index in [0.717, 1.165) is 6.54 Å². The van der Waals surface area contributed by atoms with Crippen LogP contribution in [0.5, 0.6) is 0 Å². The van der Waals surface area contributed by atoms with Crippen LogP contribution in [0.2, 0.25) is 0 Å². The Bertz CT molecular complexity index is 137. The molecule has 1 fully saturated rings. The maximum absolute atomic E-state index is 5.82. The summed E-state index contributed by atoms with van der Waals surface area (Å²) in [5, 5.41) is 0. The SMILES string of the molecule is CC(C)(C)CCN1CCC(N)C1. The summed E-state index contributed by atoms with van der Waals surface area (Å²) >= 11 is 0. The van der Waals surface area contributed by atoms with Crippen LogP contribution in [-0.2, 0) is 0 Å². The van der Waals surface area contributed by atoms with Gasteiger partial charge >= 0.3 is 0 Å². The Balaban J connectivity index is 2.16. The lowest BCUT2D eigenvalue weighted by molar-refractivity contribution is 0.263. The number of hydrogen-bond donors (Lipinski definition) is 1. The van der Waals surface area contributed by atoms with Gasteiger partial charge in [0.25, 0.3) is 0 Å². The topological polar surface area (TPSA) is 29.3 Å². The quantitative estimate of drug-likeness (QED) is 0.680. The molecule has 0 aromatic rings. The Hall–Kier alpha value is -0.0800. The molecule has 1 aliphatic rings. The fraction of sp³-hybridized carbons (Fsp3) is 1.00. The molecule has 0 aromatic carbocycles. The van der Waals surface area contributed by atoms with E-state index in [1.807, 2.05) is 0 Å². The molecule has 1 heterocycles. The molecule has 0 bridgehead atoms. The molecule has 2 N–H and O–H groups in total. The van der Waals surface area contributed by atoms with Crippen molar-refractivity contribution in [1.82, 2.24) is 4.90 Å². The van der Waals surface area contributed by atoms with E-state index in [-0.39, 0.29) is 0 Å². The second-order valence-electron chi connectivity index (χ2n) is 5.16. The Labute approximate surface area is 76.1 Å². The molecule has 0 aliphatic carbocycles. The molecule has 2 nitrogen and oxygen atoms in total. The van der Waals surface area contributed by atoms with Crippen molar-refractivity contribution in [3.05, 3.63) is 0 Å². The van der Waals surface area contributed by atoms with Crippen molar-refractivity contribution >= 4 is 0 Å². The van der Waals surface area contributed by atoms with Gasteiger partial charge in [-0.25, -0.2) is 0 Å². The van der Waals surface area contributed by atoms with E-state index in [1.165, 1.54) is 25.9 Å². The lowest BCUT2D eigenvalue weighted by Gasteiger charge is -2.22. The zero-order valence-electron chi connectivity index (χ0n) is 8.64. The number of hydrogen-bond acceptors (Lipinski definition) is 2. The van der Waals surface area contributed by atoms with Crippen LogP contribution in [0.4, 0.5) is 0 Å². The largest absolute Gasteiger partial charge is 0.326 e. The lowest BCUT2D eigenvalue weighted by atomic mass is 9.92. The second kappa shape index (κ2) is 3.75. The van der Waals surface area contributed by atoms with Gasteiger partial charge in [0.2, 0.25) is 0 Å². The molecule has 72 valence electrons. The molecule has 0 radical (unpaired) electrons. The summed E-state index contributed by atoms with van der Waals surface area (Å²) < 4.78 is 0. The van der Waals surface area contributed by atoms with Crippen LogP contribution in [0.25, 0.3) is 0 Å². The van der Waals surface area contributed by atoms with Crippen LogP contribution in [0.3, 0.4) is 0 Å². The summed E-state index contributed by atoms with van der Waals surface area (Å²) in [5.41, 5.74) is 6.29. The van der Waals surface area contributed by atoms with Gasteiger partial charge in [-0.2, -0.15) is 0 Å². The summed E-state index contributed by atoms with van der Waals surface area (Å²) in [6, 6.07) is 0.435. The normalized spacial score (nSPS) is 26.5. The summed E-state index contributed by atoms with van der Waals surface area (Å²) in [4.78, 5) is 2.48. The molecule has 1 unspecified atom stereocenters. The maximum atomic E-state index is 5.82. The van der Waals surface area contributed by atoms with Crippen molar-refractivity contribution in [1.29, 1.82) is 0 Å². The van der Waals surface area contributed by atoms with Crippen molar-refractivity contribution in [2.24, 2.45) is 11.1 Å². The first-order valence-electron chi connectivity index (χ1n) is 4.95. The van der Waals surface area contributed by atoms with Crippen LogP contribution in [0.1, 0.15) is 33.6 Å². The van der Waals surface area contributed by atoms with Crippen LogP contribution in [-0.4, -0.2) is 30.6 Å². The third kappa shape index (κ3) is 3.55. The van der Waals surface area contributed by atoms with E-state index < -0.39 is 0 Å². The predicted molar refractivity (Wildman–Crippen MR) is 53.1 cm³/mol. The van der Waals surface area contributed by atoms with E-state index >= 15 is 0 Å². The minimum atomic E-state index is 0.435. The molecule has 1 saturated heterocycles. The molecule has 0 saturated carbocycles. The third-order valence-electron chi connectivity index (χ3n) is 2.49. The number of likely N-dealkylation sites (tertiary alicyclic amines) is 1. The highest BCUT2D eigenvalue weighted by Gasteiger charge is 2.20. The van der Waals surface area contributed by atoms with Crippen molar-refractivity contribution in [3.63, 3.8) is 0 Å². The van der Waals surface area contributed by atoms with Gasteiger partial charge in [-0.1, -0.05) is 20.8 Å². The zero-order chi connectivity index (χ0) is 9.19. The van der Waals surface area contributed by atoms with E-state index in [9.17, 15) is 0 Å². The summed E-state index contributed by atoms with van der Waals surface area (Å²) in [6.07, 6.45) is 2.46. The fourth-order valence-corrected chi connectivity index (χ4v) is 1.56. The Morgan fingerprint density at radius 3 is 2.50 bits per heavy atom. The molecule has 1 aliphatic heterocycles. The van der Waals surface area contributed by atoms with Gasteiger partial charge in [-0.3, -0.25) is 0 Å². The summed E-state index contributed by atoms with van der Waals surface area (Å²) in [6.45, 7) is 10.4. The first kappa shape index (κ1) is 10.0. The molecule has 0 spiro atoms. The monoisotopic (exact) mass is 170 g/mol.